The molecule has 1 unspecified atom stereocenters. The molecule has 0 saturated heterocycles. The smallest absolute Gasteiger partial charge is 0.279 e. The fourth-order valence-electron chi connectivity index (χ4n) is 3.07. The Hall–Kier alpha value is -3.58. The number of anilines is 2. The van der Waals surface area contributed by atoms with Gasteiger partial charge in [-0.05, 0) is 55.5 Å². The summed E-state index contributed by atoms with van der Waals surface area (Å²) in [5, 5.41) is 5.68. The van der Waals surface area contributed by atoms with Crippen LogP contribution < -0.4 is 20.3 Å². The third-order valence-electron chi connectivity index (χ3n) is 4.53. The van der Waals surface area contributed by atoms with Gasteiger partial charge in [-0.3, -0.25) is 9.59 Å². The molecule has 1 atom stereocenters. The Labute approximate surface area is 175 Å². The minimum absolute atomic E-state index is 0.180. The van der Waals surface area contributed by atoms with E-state index in [2.05, 4.69) is 10.6 Å². The summed E-state index contributed by atoms with van der Waals surface area (Å²) in [4.78, 5) is 26.2. The number of rotatable bonds is 8. The Morgan fingerprint density at radius 1 is 1.00 bits per heavy atom. The quantitative estimate of drug-likeness (QED) is 0.535. The molecular weight excluding hydrogens is 382 g/mol. The number of ether oxygens (including phenoxy) is 1. The Balaban J connectivity index is 1.62. The van der Waals surface area contributed by atoms with E-state index in [1.165, 1.54) is 0 Å². The molecule has 3 rings (SSSR count). The summed E-state index contributed by atoms with van der Waals surface area (Å²) in [6.07, 6.45) is 0. The lowest BCUT2D eigenvalue weighted by atomic mass is 10.1. The molecule has 0 radical (unpaired) electrons. The van der Waals surface area contributed by atoms with E-state index in [1.54, 1.807) is 55.6 Å². The largest absolute Gasteiger partial charge is 0.497 e. The predicted molar refractivity (Wildman–Crippen MR) is 115 cm³/mol. The minimum Gasteiger partial charge on any atom is -0.497 e. The number of amides is 2. The van der Waals surface area contributed by atoms with Gasteiger partial charge in [0.05, 0.1) is 25.4 Å². The number of carbonyl (C=O) groups is 2. The lowest BCUT2D eigenvalue weighted by Gasteiger charge is -2.14. The number of likely N-dealkylation sites (N-methyl/N-ethyl adjacent to an activating group) is 1. The molecule has 0 bridgehead atoms. The highest BCUT2D eigenvalue weighted by molar-refractivity contribution is 6.10. The molecule has 0 spiro atoms. The lowest BCUT2D eigenvalue weighted by Crippen LogP contribution is -3.08. The first-order valence-corrected chi connectivity index (χ1v) is 9.65. The molecule has 2 amide bonds. The molecule has 0 aliphatic heterocycles. The second-order valence-corrected chi connectivity index (χ2v) is 7.10. The van der Waals surface area contributed by atoms with Crippen LogP contribution in [0.3, 0.4) is 0 Å². The van der Waals surface area contributed by atoms with Gasteiger partial charge in [0, 0.05) is 5.69 Å². The first kappa shape index (κ1) is 21.1. The predicted octanol–water partition coefficient (Wildman–Crippen LogP) is 2.50. The van der Waals surface area contributed by atoms with Crippen molar-refractivity contribution in [3.8, 4) is 5.75 Å². The summed E-state index contributed by atoms with van der Waals surface area (Å²) in [7, 11) is 3.50. The second kappa shape index (κ2) is 9.76. The summed E-state index contributed by atoms with van der Waals surface area (Å²) >= 11 is 0. The van der Waals surface area contributed by atoms with Crippen molar-refractivity contribution >= 4 is 23.2 Å². The lowest BCUT2D eigenvalue weighted by molar-refractivity contribution is -0.886. The van der Waals surface area contributed by atoms with E-state index in [0.29, 0.717) is 29.2 Å². The van der Waals surface area contributed by atoms with E-state index in [4.69, 9.17) is 9.15 Å². The van der Waals surface area contributed by atoms with E-state index < -0.39 is 0 Å². The second-order valence-electron chi connectivity index (χ2n) is 7.10. The third kappa shape index (κ3) is 5.71. The van der Waals surface area contributed by atoms with Crippen molar-refractivity contribution < 1.29 is 23.6 Å². The van der Waals surface area contributed by atoms with E-state index in [9.17, 15) is 9.59 Å². The van der Waals surface area contributed by atoms with Crippen LogP contribution in [0.5, 0.6) is 5.75 Å². The van der Waals surface area contributed by atoms with Crippen molar-refractivity contribution in [1.29, 1.82) is 0 Å². The van der Waals surface area contributed by atoms with Gasteiger partial charge in [0.15, 0.2) is 12.3 Å². The number of hydrogen-bond acceptors (Lipinski definition) is 4. The SMILES string of the molecule is COc1ccc(NC(=O)c2ccccc2NC(=O)C[NH+](C)Cc2ccc(C)o2)cc1. The number of carbonyl (C=O) groups excluding carboxylic acids is 2. The maximum atomic E-state index is 12.7. The van der Waals surface area contributed by atoms with Crippen LogP contribution in [0.15, 0.2) is 65.1 Å². The zero-order chi connectivity index (χ0) is 21.5. The molecular formula is C23H26N3O4+. The fraction of sp³-hybridized carbons (Fsp3) is 0.217. The standard InChI is InChI=1S/C23H25N3O4/c1-16-8-11-19(30-16)14-26(2)15-22(27)25-21-7-5-4-6-20(21)23(28)24-17-9-12-18(29-3)13-10-17/h4-13H,14-15H2,1-3H3,(H,24,28)(H,25,27)/p+1. The summed E-state index contributed by atoms with van der Waals surface area (Å²) in [5.41, 5.74) is 1.50. The molecule has 0 fully saturated rings. The van der Waals surface area contributed by atoms with E-state index in [0.717, 1.165) is 16.4 Å². The van der Waals surface area contributed by atoms with Crippen molar-refractivity contribution in [2.24, 2.45) is 0 Å². The fourth-order valence-corrected chi connectivity index (χ4v) is 3.07. The molecule has 1 aromatic heterocycles. The van der Waals surface area contributed by atoms with Gasteiger partial charge in [0.25, 0.3) is 11.8 Å². The molecule has 7 nitrogen and oxygen atoms in total. The zero-order valence-corrected chi connectivity index (χ0v) is 17.3. The molecule has 0 aliphatic carbocycles. The number of aryl methyl sites for hydroxylation is 1. The van der Waals surface area contributed by atoms with E-state index in [-0.39, 0.29) is 18.4 Å². The van der Waals surface area contributed by atoms with Crippen LogP contribution in [0.1, 0.15) is 21.9 Å². The van der Waals surface area contributed by atoms with Crippen LogP contribution >= 0.6 is 0 Å². The topological polar surface area (TPSA) is 85.0 Å². The van der Waals surface area contributed by atoms with Crippen molar-refractivity contribution in [2.45, 2.75) is 13.5 Å². The molecule has 7 heteroatoms. The zero-order valence-electron chi connectivity index (χ0n) is 17.3. The molecule has 0 saturated carbocycles. The van der Waals surface area contributed by atoms with Gasteiger partial charge < -0.3 is 24.7 Å². The van der Waals surface area contributed by atoms with Crippen LogP contribution in [-0.2, 0) is 11.3 Å². The van der Waals surface area contributed by atoms with Crippen molar-refractivity contribution in [3.05, 3.63) is 77.7 Å². The summed E-state index contributed by atoms with van der Waals surface area (Å²) in [6, 6.07) is 17.8. The Bertz CT molecular complexity index is 1010. The number of nitrogens with one attached hydrogen (secondary N) is 3. The Morgan fingerprint density at radius 2 is 1.73 bits per heavy atom. The monoisotopic (exact) mass is 408 g/mol. The number of benzene rings is 2. The van der Waals surface area contributed by atoms with Gasteiger partial charge >= 0.3 is 0 Å². The maximum Gasteiger partial charge on any atom is 0.279 e. The molecule has 3 N–H and O–H groups in total. The number of para-hydroxylation sites is 1. The number of furan rings is 1. The average Bonchev–Trinajstić information content (AvgIpc) is 3.13. The first-order chi connectivity index (χ1) is 14.4. The molecule has 30 heavy (non-hydrogen) atoms. The summed E-state index contributed by atoms with van der Waals surface area (Å²) < 4.78 is 10.7. The third-order valence-corrected chi connectivity index (χ3v) is 4.53. The normalized spacial score (nSPS) is 11.6. The highest BCUT2D eigenvalue weighted by Crippen LogP contribution is 2.19. The molecule has 156 valence electrons. The van der Waals surface area contributed by atoms with Crippen LogP contribution in [0.4, 0.5) is 11.4 Å². The Morgan fingerprint density at radius 3 is 2.40 bits per heavy atom. The number of hydrogen-bond donors (Lipinski definition) is 3. The van der Waals surface area contributed by atoms with E-state index in [1.807, 2.05) is 26.1 Å². The highest BCUT2D eigenvalue weighted by atomic mass is 16.5. The van der Waals surface area contributed by atoms with Crippen molar-refractivity contribution in [3.63, 3.8) is 0 Å². The molecule has 3 aromatic rings. The van der Waals surface area contributed by atoms with Gasteiger partial charge in [-0.2, -0.15) is 0 Å². The van der Waals surface area contributed by atoms with E-state index >= 15 is 0 Å². The minimum atomic E-state index is -0.303. The molecule has 0 aliphatic rings. The maximum absolute atomic E-state index is 12.7. The average molecular weight is 408 g/mol. The van der Waals surface area contributed by atoms with Gasteiger partial charge in [-0.15, -0.1) is 0 Å². The van der Waals surface area contributed by atoms with Gasteiger partial charge in [-0.25, -0.2) is 0 Å². The van der Waals surface area contributed by atoms with Crippen LogP contribution in [0.25, 0.3) is 0 Å². The van der Waals surface area contributed by atoms with Gasteiger partial charge in [-0.1, -0.05) is 12.1 Å². The molecule has 2 aromatic carbocycles. The van der Waals surface area contributed by atoms with Gasteiger partial charge in [0.1, 0.15) is 18.1 Å². The van der Waals surface area contributed by atoms with Crippen LogP contribution in [0, 0.1) is 6.92 Å². The first-order valence-electron chi connectivity index (χ1n) is 9.65. The Kier molecular flexibility index (Phi) is 6.87. The number of methoxy groups -OCH3 is 1. The summed E-state index contributed by atoms with van der Waals surface area (Å²) in [5.74, 6) is 1.90. The summed E-state index contributed by atoms with van der Waals surface area (Å²) in [6.45, 7) is 2.73. The van der Waals surface area contributed by atoms with Crippen LogP contribution in [-0.4, -0.2) is 32.5 Å². The van der Waals surface area contributed by atoms with Crippen molar-refractivity contribution in [1.82, 2.24) is 0 Å². The van der Waals surface area contributed by atoms with Crippen molar-refractivity contribution in [2.75, 3.05) is 31.3 Å². The van der Waals surface area contributed by atoms with Crippen LogP contribution in [0.2, 0.25) is 0 Å². The number of quaternary nitrogens is 1. The molecule has 1 heterocycles. The highest BCUT2D eigenvalue weighted by Gasteiger charge is 2.16. The van der Waals surface area contributed by atoms with Gasteiger partial charge in [0.2, 0.25) is 0 Å².